The van der Waals surface area contributed by atoms with Crippen LogP contribution in [0.15, 0.2) is 0 Å². The molecule has 0 spiro atoms. The van der Waals surface area contributed by atoms with Crippen LogP contribution in [0.4, 0.5) is 0 Å². The highest BCUT2D eigenvalue weighted by Crippen LogP contribution is 2.62. The van der Waals surface area contributed by atoms with E-state index in [9.17, 15) is 0 Å². The average Bonchev–Trinajstić information content (AvgIpc) is 2.45. The molecule has 0 aromatic heterocycles. The van der Waals surface area contributed by atoms with Crippen molar-refractivity contribution in [3.05, 3.63) is 0 Å². The summed E-state index contributed by atoms with van der Waals surface area (Å²) in [4.78, 5) is 2.83. The van der Waals surface area contributed by atoms with E-state index in [1.165, 1.54) is 25.9 Å². The van der Waals surface area contributed by atoms with Crippen LogP contribution in [0, 0.1) is 29.1 Å². The van der Waals surface area contributed by atoms with Gasteiger partial charge in [-0.1, -0.05) is 0 Å². The van der Waals surface area contributed by atoms with Gasteiger partial charge in [-0.25, -0.2) is 0 Å². The molecule has 1 unspecified atom stereocenters. The molecule has 0 aromatic carbocycles. The smallest absolute Gasteiger partial charge is 0.0124 e. The Hall–Kier alpha value is -0.0800. The van der Waals surface area contributed by atoms with Crippen LogP contribution >= 0.6 is 0 Å². The summed E-state index contributed by atoms with van der Waals surface area (Å²) >= 11 is 0. The van der Waals surface area contributed by atoms with Crippen molar-refractivity contribution in [3.63, 3.8) is 0 Å². The van der Waals surface area contributed by atoms with Crippen LogP contribution < -0.4 is 5.73 Å². The Morgan fingerprint density at radius 2 is 1.50 bits per heavy atom. The Morgan fingerprint density at radius 3 is 1.95 bits per heavy atom. The second kappa shape index (κ2) is 4.98. The van der Waals surface area contributed by atoms with E-state index in [2.05, 4.69) is 11.8 Å². The number of nitrogens with zero attached hydrogens (tertiary/aromatic N) is 1. The van der Waals surface area contributed by atoms with E-state index in [1.807, 2.05) is 0 Å². The lowest BCUT2D eigenvalue weighted by Gasteiger charge is -2.61. The normalized spacial score (nSPS) is 46.8. The Balaban J connectivity index is 1.47. The highest BCUT2D eigenvalue weighted by atomic mass is 15.2. The predicted octanol–water partition coefficient (Wildman–Crippen LogP) is 3.26. The van der Waals surface area contributed by atoms with Gasteiger partial charge in [-0.15, -0.1) is 0 Å². The quantitative estimate of drug-likeness (QED) is 0.857. The first-order valence-corrected chi connectivity index (χ1v) is 9.12. The van der Waals surface area contributed by atoms with Gasteiger partial charge in [-0.05, 0) is 107 Å². The molecule has 4 saturated carbocycles. The minimum absolute atomic E-state index is 0.699. The zero-order valence-corrected chi connectivity index (χ0v) is 13.2. The third kappa shape index (κ3) is 2.14. The molecule has 5 rings (SSSR count). The molecule has 5 aliphatic rings. The maximum absolute atomic E-state index is 5.85. The third-order valence-electron chi connectivity index (χ3n) is 7.50. The summed E-state index contributed by atoms with van der Waals surface area (Å²) in [5, 5.41) is 0. The first kappa shape index (κ1) is 13.6. The summed E-state index contributed by atoms with van der Waals surface area (Å²) in [5.41, 5.74) is 6.55. The molecule has 114 valence electrons. The van der Waals surface area contributed by atoms with Crippen molar-refractivity contribution in [2.24, 2.45) is 34.8 Å². The summed E-state index contributed by atoms with van der Waals surface area (Å²) in [6, 6.07) is 0.828. The molecule has 2 nitrogen and oxygen atoms in total. The minimum atomic E-state index is 0.699. The van der Waals surface area contributed by atoms with Gasteiger partial charge in [0.05, 0.1) is 0 Å². The second-order valence-electron chi connectivity index (χ2n) is 8.67. The highest BCUT2D eigenvalue weighted by molar-refractivity contribution is 5.05. The van der Waals surface area contributed by atoms with Crippen LogP contribution in [0.5, 0.6) is 0 Å². The molecular weight excluding hydrogens is 244 g/mol. The van der Waals surface area contributed by atoms with Crippen LogP contribution in [-0.4, -0.2) is 30.6 Å². The Labute approximate surface area is 124 Å². The van der Waals surface area contributed by atoms with E-state index in [1.54, 1.807) is 38.5 Å². The number of piperidine rings is 1. The molecule has 0 amide bonds. The van der Waals surface area contributed by atoms with Crippen molar-refractivity contribution in [1.82, 2.24) is 4.90 Å². The number of likely N-dealkylation sites (tertiary alicyclic amines) is 1. The minimum Gasteiger partial charge on any atom is -0.330 e. The molecule has 5 fully saturated rings. The molecule has 4 bridgehead atoms. The van der Waals surface area contributed by atoms with Gasteiger partial charge in [-0.3, -0.25) is 0 Å². The van der Waals surface area contributed by atoms with Crippen molar-refractivity contribution < 1.29 is 0 Å². The van der Waals surface area contributed by atoms with Gasteiger partial charge in [0.2, 0.25) is 0 Å². The Kier molecular flexibility index (Phi) is 3.38. The number of nitrogens with two attached hydrogens (primary N) is 1. The van der Waals surface area contributed by atoms with Crippen LogP contribution in [0.3, 0.4) is 0 Å². The van der Waals surface area contributed by atoms with Gasteiger partial charge in [-0.2, -0.15) is 0 Å². The van der Waals surface area contributed by atoms with Gasteiger partial charge < -0.3 is 10.6 Å². The van der Waals surface area contributed by atoms with Crippen molar-refractivity contribution in [2.75, 3.05) is 19.6 Å². The van der Waals surface area contributed by atoms with Gasteiger partial charge in [0, 0.05) is 6.04 Å². The summed E-state index contributed by atoms with van der Waals surface area (Å²) in [7, 11) is 0. The van der Waals surface area contributed by atoms with Crippen LogP contribution in [0.25, 0.3) is 0 Å². The molecule has 2 heteroatoms. The standard InChI is InChI=1S/C18H32N2/c1-13(20-4-2-14(12-19)3-5-20)18-9-15-6-16(10-18)8-17(7-15)11-18/h13-17H,2-12,19H2,1H3. The van der Waals surface area contributed by atoms with E-state index >= 15 is 0 Å². The van der Waals surface area contributed by atoms with Crippen molar-refractivity contribution in [1.29, 1.82) is 0 Å². The van der Waals surface area contributed by atoms with Gasteiger partial charge in [0.25, 0.3) is 0 Å². The number of hydrogen-bond acceptors (Lipinski definition) is 2. The topological polar surface area (TPSA) is 29.3 Å². The molecule has 1 atom stereocenters. The average molecular weight is 276 g/mol. The summed E-state index contributed by atoms with van der Waals surface area (Å²) in [6.45, 7) is 6.09. The molecule has 4 aliphatic carbocycles. The highest BCUT2D eigenvalue weighted by Gasteiger charge is 2.54. The number of hydrogen-bond donors (Lipinski definition) is 1. The van der Waals surface area contributed by atoms with Gasteiger partial charge in [0.15, 0.2) is 0 Å². The predicted molar refractivity (Wildman–Crippen MR) is 83.4 cm³/mol. The zero-order valence-electron chi connectivity index (χ0n) is 13.2. The van der Waals surface area contributed by atoms with Crippen LogP contribution in [0.1, 0.15) is 58.3 Å². The molecule has 1 saturated heterocycles. The van der Waals surface area contributed by atoms with Crippen LogP contribution in [0.2, 0.25) is 0 Å². The molecule has 0 radical (unpaired) electrons. The van der Waals surface area contributed by atoms with Crippen molar-refractivity contribution in [2.45, 2.75) is 64.3 Å². The lowest BCUT2D eigenvalue weighted by Crippen LogP contribution is -2.57. The van der Waals surface area contributed by atoms with Gasteiger partial charge in [0.1, 0.15) is 0 Å². The SMILES string of the molecule is CC(N1CCC(CN)CC1)C12CC3CC(CC(C3)C1)C2. The van der Waals surface area contributed by atoms with Crippen molar-refractivity contribution in [3.8, 4) is 0 Å². The molecule has 1 heterocycles. The maximum atomic E-state index is 5.85. The Bertz CT molecular complexity index is 321. The summed E-state index contributed by atoms with van der Waals surface area (Å²) < 4.78 is 0. The first-order valence-electron chi connectivity index (χ1n) is 9.12. The monoisotopic (exact) mass is 276 g/mol. The largest absolute Gasteiger partial charge is 0.330 e. The molecule has 1 aliphatic heterocycles. The first-order chi connectivity index (χ1) is 9.68. The lowest BCUT2D eigenvalue weighted by atomic mass is 9.47. The van der Waals surface area contributed by atoms with Gasteiger partial charge >= 0.3 is 0 Å². The van der Waals surface area contributed by atoms with E-state index in [-0.39, 0.29) is 0 Å². The fraction of sp³-hybridized carbons (Fsp3) is 1.00. The van der Waals surface area contributed by atoms with E-state index in [0.717, 1.165) is 36.3 Å². The molecule has 2 N–H and O–H groups in total. The molecular formula is C18H32N2. The zero-order chi connectivity index (χ0) is 13.7. The lowest BCUT2D eigenvalue weighted by molar-refractivity contribution is -0.101. The fourth-order valence-corrected chi connectivity index (χ4v) is 6.65. The second-order valence-corrected chi connectivity index (χ2v) is 8.67. The van der Waals surface area contributed by atoms with E-state index < -0.39 is 0 Å². The van der Waals surface area contributed by atoms with E-state index in [0.29, 0.717) is 5.41 Å². The van der Waals surface area contributed by atoms with E-state index in [4.69, 9.17) is 5.73 Å². The van der Waals surface area contributed by atoms with Crippen LogP contribution in [-0.2, 0) is 0 Å². The molecule has 0 aromatic rings. The summed E-state index contributed by atoms with van der Waals surface area (Å²) in [6.07, 6.45) is 12.1. The Morgan fingerprint density at radius 1 is 1.00 bits per heavy atom. The fourth-order valence-electron chi connectivity index (χ4n) is 6.65. The number of rotatable bonds is 3. The maximum Gasteiger partial charge on any atom is 0.0124 e. The molecule has 20 heavy (non-hydrogen) atoms. The summed E-state index contributed by atoms with van der Waals surface area (Å²) in [5.74, 6) is 4.07. The van der Waals surface area contributed by atoms with Crippen molar-refractivity contribution >= 4 is 0 Å². The third-order valence-corrected chi connectivity index (χ3v) is 7.50.